The molecule has 2 aliphatic heterocycles. The Bertz CT molecular complexity index is 469. The van der Waals surface area contributed by atoms with E-state index in [1.807, 2.05) is 6.07 Å². The number of aromatic nitrogens is 1. The van der Waals surface area contributed by atoms with Crippen LogP contribution in [-0.4, -0.2) is 41.7 Å². The molecule has 4 nitrogen and oxygen atoms in total. The Labute approximate surface area is 121 Å². The molecule has 1 unspecified atom stereocenters. The predicted molar refractivity (Wildman–Crippen MR) is 80.8 cm³/mol. The van der Waals surface area contributed by atoms with E-state index in [-0.39, 0.29) is 0 Å². The molecule has 2 fully saturated rings. The highest BCUT2D eigenvalue weighted by atomic mass is 16.5. The topological polar surface area (TPSA) is 51.4 Å². The number of likely N-dealkylation sites (tertiary alicyclic amines) is 1. The molecule has 0 aromatic carbocycles. The van der Waals surface area contributed by atoms with Crippen LogP contribution >= 0.6 is 0 Å². The summed E-state index contributed by atoms with van der Waals surface area (Å²) in [5.41, 5.74) is 9.04. The molecule has 2 saturated heterocycles. The molecule has 0 saturated carbocycles. The molecule has 110 valence electrons. The van der Waals surface area contributed by atoms with Crippen molar-refractivity contribution in [2.45, 2.75) is 51.2 Å². The molecule has 0 radical (unpaired) electrons. The third-order valence-corrected chi connectivity index (χ3v) is 4.86. The number of nitrogens with two attached hydrogens (primary N) is 1. The molecule has 20 heavy (non-hydrogen) atoms. The first-order chi connectivity index (χ1) is 9.65. The summed E-state index contributed by atoms with van der Waals surface area (Å²) in [5, 5.41) is 0. The highest BCUT2D eigenvalue weighted by Crippen LogP contribution is 2.32. The maximum absolute atomic E-state index is 5.79. The Kier molecular flexibility index (Phi) is 3.94. The van der Waals surface area contributed by atoms with Crippen LogP contribution in [0.4, 0.5) is 5.69 Å². The second kappa shape index (κ2) is 5.70. The highest BCUT2D eigenvalue weighted by molar-refractivity contribution is 5.40. The van der Waals surface area contributed by atoms with E-state index in [4.69, 9.17) is 10.5 Å². The fourth-order valence-electron chi connectivity index (χ4n) is 3.74. The van der Waals surface area contributed by atoms with Gasteiger partial charge in [-0.15, -0.1) is 0 Å². The van der Waals surface area contributed by atoms with Crippen LogP contribution in [0.15, 0.2) is 12.3 Å². The molecular weight excluding hydrogens is 250 g/mol. The van der Waals surface area contributed by atoms with Crippen molar-refractivity contribution in [3.63, 3.8) is 0 Å². The maximum Gasteiger partial charge on any atom is 0.0703 e. The Balaban J connectivity index is 1.63. The van der Waals surface area contributed by atoms with E-state index < -0.39 is 0 Å². The number of anilines is 1. The Hall–Kier alpha value is -1.13. The number of pyridine rings is 1. The number of rotatable bonds is 2. The lowest BCUT2D eigenvalue weighted by Crippen LogP contribution is -2.44. The van der Waals surface area contributed by atoms with Crippen molar-refractivity contribution in [2.24, 2.45) is 0 Å². The van der Waals surface area contributed by atoms with Gasteiger partial charge in [0.2, 0.25) is 0 Å². The number of hydrogen-bond acceptors (Lipinski definition) is 4. The number of nitrogens with zero attached hydrogens (tertiary/aromatic N) is 2. The Morgan fingerprint density at radius 1 is 1.30 bits per heavy atom. The summed E-state index contributed by atoms with van der Waals surface area (Å²) in [4.78, 5) is 7.18. The lowest BCUT2D eigenvalue weighted by atomic mass is 9.89. The van der Waals surface area contributed by atoms with Crippen molar-refractivity contribution in [1.82, 2.24) is 9.88 Å². The summed E-state index contributed by atoms with van der Waals surface area (Å²) in [6.45, 7) is 7.57. The quantitative estimate of drug-likeness (QED) is 0.900. The molecule has 0 aliphatic carbocycles. The molecular formula is C16H25N3O. The molecule has 3 heterocycles. The molecule has 0 bridgehead atoms. The van der Waals surface area contributed by atoms with Crippen LogP contribution in [0.1, 0.15) is 43.4 Å². The minimum Gasteiger partial charge on any atom is -0.397 e. The van der Waals surface area contributed by atoms with Crippen molar-refractivity contribution < 1.29 is 4.74 Å². The standard InChI is InChI=1S/C16H25N3O/c1-11-9-14(17)10-18-16(11)13-3-6-19(7-4-13)15-5-8-20-12(15)2/h9-10,12-13,15H,3-8,17H2,1-2H3/t12-,15?/m1/s1. The maximum atomic E-state index is 5.79. The van der Waals surface area contributed by atoms with Crippen molar-refractivity contribution >= 4 is 5.69 Å². The first-order valence-corrected chi connectivity index (χ1v) is 7.73. The fourth-order valence-corrected chi connectivity index (χ4v) is 3.74. The van der Waals surface area contributed by atoms with Gasteiger partial charge in [0.1, 0.15) is 0 Å². The average molecular weight is 275 g/mol. The van der Waals surface area contributed by atoms with E-state index in [1.165, 1.54) is 30.5 Å². The van der Waals surface area contributed by atoms with E-state index in [9.17, 15) is 0 Å². The third-order valence-electron chi connectivity index (χ3n) is 4.86. The lowest BCUT2D eigenvalue weighted by Gasteiger charge is -2.37. The summed E-state index contributed by atoms with van der Waals surface area (Å²) < 4.78 is 5.69. The molecule has 2 atom stereocenters. The van der Waals surface area contributed by atoms with Gasteiger partial charge in [0.25, 0.3) is 0 Å². The van der Waals surface area contributed by atoms with Crippen LogP contribution in [0.25, 0.3) is 0 Å². The molecule has 2 aliphatic rings. The third kappa shape index (κ3) is 2.67. The number of hydrogen-bond donors (Lipinski definition) is 1. The van der Waals surface area contributed by atoms with Gasteiger partial charge in [0.15, 0.2) is 0 Å². The van der Waals surface area contributed by atoms with E-state index in [1.54, 1.807) is 6.20 Å². The lowest BCUT2D eigenvalue weighted by molar-refractivity contribution is 0.0625. The van der Waals surface area contributed by atoms with Crippen LogP contribution in [-0.2, 0) is 4.74 Å². The minimum atomic E-state index is 0.392. The molecule has 2 N–H and O–H groups in total. The highest BCUT2D eigenvalue weighted by Gasteiger charge is 2.33. The predicted octanol–water partition coefficient (Wildman–Crippen LogP) is 2.33. The molecule has 0 spiro atoms. The molecule has 1 aromatic rings. The smallest absolute Gasteiger partial charge is 0.0703 e. The molecule has 1 aromatic heterocycles. The number of aryl methyl sites for hydroxylation is 1. The van der Waals surface area contributed by atoms with Crippen LogP contribution in [0, 0.1) is 6.92 Å². The van der Waals surface area contributed by atoms with Gasteiger partial charge in [-0.2, -0.15) is 0 Å². The van der Waals surface area contributed by atoms with Gasteiger partial charge in [0.05, 0.1) is 18.0 Å². The second-order valence-corrected chi connectivity index (χ2v) is 6.21. The van der Waals surface area contributed by atoms with Crippen molar-refractivity contribution in [3.05, 3.63) is 23.5 Å². The molecule has 3 rings (SSSR count). The first kappa shape index (κ1) is 13.8. The zero-order chi connectivity index (χ0) is 14.1. The first-order valence-electron chi connectivity index (χ1n) is 7.73. The summed E-state index contributed by atoms with van der Waals surface area (Å²) in [5.74, 6) is 0.587. The van der Waals surface area contributed by atoms with Gasteiger partial charge in [-0.1, -0.05) is 0 Å². The van der Waals surface area contributed by atoms with Crippen molar-refractivity contribution in [3.8, 4) is 0 Å². The van der Waals surface area contributed by atoms with Crippen molar-refractivity contribution in [2.75, 3.05) is 25.4 Å². The van der Waals surface area contributed by atoms with E-state index in [0.29, 0.717) is 18.1 Å². The van der Waals surface area contributed by atoms with Gasteiger partial charge in [0, 0.05) is 24.3 Å². The Morgan fingerprint density at radius 2 is 2.05 bits per heavy atom. The Morgan fingerprint density at radius 3 is 2.65 bits per heavy atom. The minimum absolute atomic E-state index is 0.392. The van der Waals surface area contributed by atoms with Gasteiger partial charge >= 0.3 is 0 Å². The zero-order valence-electron chi connectivity index (χ0n) is 12.5. The van der Waals surface area contributed by atoms with Crippen molar-refractivity contribution in [1.29, 1.82) is 0 Å². The summed E-state index contributed by atoms with van der Waals surface area (Å²) in [7, 11) is 0. The van der Waals surface area contributed by atoms with Crippen LogP contribution in [0.2, 0.25) is 0 Å². The zero-order valence-corrected chi connectivity index (χ0v) is 12.5. The van der Waals surface area contributed by atoms with Gasteiger partial charge < -0.3 is 10.5 Å². The molecule has 4 heteroatoms. The monoisotopic (exact) mass is 275 g/mol. The number of nitrogen functional groups attached to an aromatic ring is 1. The van der Waals surface area contributed by atoms with E-state index in [0.717, 1.165) is 25.4 Å². The fraction of sp³-hybridized carbons (Fsp3) is 0.688. The van der Waals surface area contributed by atoms with E-state index >= 15 is 0 Å². The summed E-state index contributed by atoms with van der Waals surface area (Å²) in [6, 6.07) is 2.66. The van der Waals surface area contributed by atoms with Gasteiger partial charge in [-0.25, -0.2) is 0 Å². The number of ether oxygens (including phenoxy) is 1. The van der Waals surface area contributed by atoms with Gasteiger partial charge in [-0.05, 0) is 57.8 Å². The van der Waals surface area contributed by atoms with E-state index in [2.05, 4.69) is 23.7 Å². The SMILES string of the molecule is Cc1cc(N)cnc1C1CCN(C2CCO[C@@H]2C)CC1. The summed E-state index contributed by atoms with van der Waals surface area (Å²) in [6.07, 6.45) is 5.76. The number of piperidine rings is 1. The average Bonchev–Trinajstić information content (AvgIpc) is 2.85. The van der Waals surface area contributed by atoms with Gasteiger partial charge in [-0.3, -0.25) is 9.88 Å². The molecule has 0 amide bonds. The largest absolute Gasteiger partial charge is 0.397 e. The second-order valence-electron chi connectivity index (χ2n) is 6.21. The van der Waals surface area contributed by atoms with Crippen LogP contribution < -0.4 is 5.73 Å². The summed E-state index contributed by atoms with van der Waals surface area (Å²) >= 11 is 0. The normalized spacial score (nSPS) is 28.9. The van der Waals surface area contributed by atoms with Crippen LogP contribution in [0.5, 0.6) is 0 Å². The van der Waals surface area contributed by atoms with Crippen LogP contribution in [0.3, 0.4) is 0 Å².